The molecule has 4 rings (SSSR count). The van der Waals surface area contributed by atoms with Crippen molar-refractivity contribution in [1.82, 2.24) is 0 Å². The van der Waals surface area contributed by atoms with Crippen LogP contribution in [0.1, 0.15) is 18.9 Å². The predicted molar refractivity (Wildman–Crippen MR) is 80.7 cm³/mol. The smallest absolute Gasteiger partial charge is 0.293 e. The number of nitrogens with zero attached hydrogens (tertiary/aromatic N) is 3. The summed E-state index contributed by atoms with van der Waals surface area (Å²) in [6, 6.07) is 10.3. The Kier molecular flexibility index (Phi) is 2.72. The van der Waals surface area contributed by atoms with Crippen LogP contribution in [-0.4, -0.2) is 25.0 Å². The second-order valence-corrected chi connectivity index (χ2v) is 6.27. The van der Waals surface area contributed by atoms with E-state index in [9.17, 15) is 14.9 Å². The Morgan fingerprint density at radius 2 is 1.83 bits per heavy atom. The van der Waals surface area contributed by atoms with Crippen molar-refractivity contribution >= 4 is 5.84 Å². The van der Waals surface area contributed by atoms with Gasteiger partial charge in [-0.15, -0.1) is 0 Å². The zero-order valence-corrected chi connectivity index (χ0v) is 13.0. The third-order valence-electron chi connectivity index (χ3n) is 5.79. The molecule has 24 heavy (non-hydrogen) atoms. The molecule has 2 heterocycles. The Hall–Kier alpha value is -2.48. The molecule has 0 amide bonds. The van der Waals surface area contributed by atoms with Gasteiger partial charge in [0.15, 0.2) is 10.8 Å². The molecular weight excluding hydrogens is 311 g/mol. The van der Waals surface area contributed by atoms with Crippen LogP contribution in [0.3, 0.4) is 0 Å². The number of rotatable bonds is 2. The average molecular weight is 326 g/mol. The highest BCUT2D eigenvalue weighted by Gasteiger charge is 3.01. The van der Waals surface area contributed by atoms with E-state index in [0.717, 1.165) is 0 Å². The molecular formula is C17H15FN4O2. The third kappa shape index (κ3) is 1.14. The summed E-state index contributed by atoms with van der Waals surface area (Å²) in [6.07, 6.45) is 0.435. The van der Waals surface area contributed by atoms with Gasteiger partial charge in [-0.1, -0.05) is 19.1 Å². The van der Waals surface area contributed by atoms with Gasteiger partial charge in [0.05, 0.1) is 30.8 Å². The summed E-state index contributed by atoms with van der Waals surface area (Å²) in [4.78, 5) is 4.25. The quantitative estimate of drug-likeness (QED) is 0.888. The standard InChI is InChI=1S/C17H15FN4O2/c1-2-14(11-3-5-12(18)6-4-11)15(9-19)13(21)22-17(16(14,15)10-20)23-7-8-24-17/h3-6H,2,7-8H2,1H3,(H2,21,22)/t14-,15+,16-/m1/s1. The van der Waals surface area contributed by atoms with Crippen molar-refractivity contribution < 1.29 is 13.9 Å². The number of hydrogen-bond donors (Lipinski definition) is 1. The zero-order chi connectivity index (χ0) is 17.2. The lowest BCUT2D eigenvalue weighted by molar-refractivity contribution is -0.188. The number of nitriles is 2. The Morgan fingerprint density at radius 3 is 2.33 bits per heavy atom. The molecule has 0 aromatic heterocycles. The summed E-state index contributed by atoms with van der Waals surface area (Å²) in [5.74, 6) is -1.93. The van der Waals surface area contributed by atoms with Gasteiger partial charge in [-0.25, -0.2) is 9.38 Å². The summed E-state index contributed by atoms with van der Waals surface area (Å²) in [5.41, 5.74) is 3.09. The van der Waals surface area contributed by atoms with Gasteiger partial charge in [0.25, 0.3) is 5.91 Å². The summed E-state index contributed by atoms with van der Waals surface area (Å²) in [5, 5.41) is 20.1. The second kappa shape index (κ2) is 4.32. The van der Waals surface area contributed by atoms with E-state index >= 15 is 0 Å². The summed E-state index contributed by atoms with van der Waals surface area (Å²) < 4.78 is 24.8. The number of halogens is 1. The van der Waals surface area contributed by atoms with E-state index in [1.165, 1.54) is 12.1 Å². The van der Waals surface area contributed by atoms with Gasteiger partial charge in [0.2, 0.25) is 0 Å². The summed E-state index contributed by atoms with van der Waals surface area (Å²) >= 11 is 0. The van der Waals surface area contributed by atoms with Gasteiger partial charge in [-0.05, 0) is 24.1 Å². The van der Waals surface area contributed by atoms with Crippen molar-refractivity contribution in [1.29, 1.82) is 10.5 Å². The van der Waals surface area contributed by atoms with E-state index in [1.807, 2.05) is 6.92 Å². The maximum absolute atomic E-state index is 13.4. The number of ether oxygens (including phenoxy) is 2. The minimum Gasteiger partial charge on any atom is -0.386 e. The predicted octanol–water partition coefficient (Wildman–Crippen LogP) is 1.58. The lowest BCUT2D eigenvalue weighted by atomic mass is 9.80. The zero-order valence-electron chi connectivity index (χ0n) is 13.0. The SMILES string of the molecule is CC[C@@]1(c2ccc(F)cc2)[C@]2(C#N)C(N)=NC3(OCCO3)[C@@]21C#N. The first-order valence-corrected chi connectivity index (χ1v) is 7.74. The van der Waals surface area contributed by atoms with Crippen molar-refractivity contribution in [3.8, 4) is 12.1 Å². The fourth-order valence-corrected chi connectivity index (χ4v) is 4.94. The number of nitrogens with two attached hydrogens (primary N) is 1. The number of amidine groups is 1. The summed E-state index contributed by atoms with van der Waals surface area (Å²) in [7, 11) is 0. The molecule has 1 aromatic rings. The van der Waals surface area contributed by atoms with Gasteiger partial charge >= 0.3 is 0 Å². The maximum atomic E-state index is 13.4. The highest BCUT2D eigenvalue weighted by atomic mass is 19.1. The molecule has 0 bridgehead atoms. The van der Waals surface area contributed by atoms with Gasteiger partial charge in [0.1, 0.15) is 11.7 Å². The molecule has 122 valence electrons. The van der Waals surface area contributed by atoms with Crippen LogP contribution in [0.4, 0.5) is 4.39 Å². The lowest BCUT2D eigenvalue weighted by Gasteiger charge is -2.31. The Labute approximate surface area is 138 Å². The van der Waals surface area contributed by atoms with Crippen LogP contribution in [0.5, 0.6) is 0 Å². The Bertz CT molecular complexity index is 834. The molecule has 0 radical (unpaired) electrons. The van der Waals surface area contributed by atoms with Crippen molar-refractivity contribution in [2.75, 3.05) is 13.2 Å². The van der Waals surface area contributed by atoms with E-state index < -0.39 is 28.0 Å². The first-order valence-electron chi connectivity index (χ1n) is 7.74. The minimum absolute atomic E-state index is 0.0413. The lowest BCUT2D eigenvalue weighted by Crippen LogP contribution is -2.42. The molecule has 2 aliphatic heterocycles. The molecule has 1 saturated heterocycles. The van der Waals surface area contributed by atoms with Gasteiger partial charge in [-0.2, -0.15) is 10.5 Å². The van der Waals surface area contributed by atoms with Crippen molar-refractivity contribution in [3.05, 3.63) is 35.6 Å². The fraction of sp³-hybridized carbons (Fsp3) is 0.471. The largest absolute Gasteiger partial charge is 0.386 e. The van der Waals surface area contributed by atoms with E-state index in [0.29, 0.717) is 12.0 Å². The molecule has 1 aliphatic carbocycles. The van der Waals surface area contributed by atoms with Crippen LogP contribution in [0.2, 0.25) is 0 Å². The summed E-state index contributed by atoms with van der Waals surface area (Å²) in [6.45, 7) is 2.41. The topological polar surface area (TPSA) is 104 Å². The Balaban J connectivity index is 2.03. The van der Waals surface area contributed by atoms with Crippen LogP contribution in [-0.2, 0) is 14.9 Å². The molecule has 1 aromatic carbocycles. The molecule has 6 nitrogen and oxygen atoms in total. The molecule has 7 heteroatoms. The highest BCUT2D eigenvalue weighted by Crippen LogP contribution is 2.86. The molecule has 3 aliphatic rings. The van der Waals surface area contributed by atoms with Crippen LogP contribution in [0.25, 0.3) is 0 Å². The number of benzene rings is 1. The molecule has 3 atom stereocenters. The number of hydrogen-bond acceptors (Lipinski definition) is 6. The normalized spacial score (nSPS) is 38.2. The average Bonchev–Trinajstić information content (AvgIpc) is 2.81. The molecule has 1 saturated carbocycles. The molecule has 2 fully saturated rings. The van der Waals surface area contributed by atoms with Gasteiger partial charge in [-0.3, -0.25) is 0 Å². The van der Waals surface area contributed by atoms with Crippen LogP contribution >= 0.6 is 0 Å². The minimum atomic E-state index is -1.58. The van der Waals surface area contributed by atoms with Crippen molar-refractivity contribution in [2.24, 2.45) is 21.6 Å². The van der Waals surface area contributed by atoms with E-state index in [4.69, 9.17) is 15.2 Å². The molecule has 1 spiro atoms. The van der Waals surface area contributed by atoms with Crippen LogP contribution in [0.15, 0.2) is 29.3 Å². The fourth-order valence-electron chi connectivity index (χ4n) is 4.94. The first-order chi connectivity index (χ1) is 11.5. The Morgan fingerprint density at radius 1 is 1.21 bits per heavy atom. The monoisotopic (exact) mass is 326 g/mol. The van der Waals surface area contributed by atoms with Crippen molar-refractivity contribution in [3.63, 3.8) is 0 Å². The van der Waals surface area contributed by atoms with E-state index in [1.54, 1.807) is 12.1 Å². The number of aliphatic imine (C=N–C) groups is 1. The number of fused-ring (bicyclic) bond motifs is 2. The third-order valence-corrected chi connectivity index (χ3v) is 5.79. The van der Waals surface area contributed by atoms with Crippen molar-refractivity contribution in [2.45, 2.75) is 24.7 Å². The van der Waals surface area contributed by atoms with E-state index in [2.05, 4.69) is 17.1 Å². The van der Waals surface area contributed by atoms with Gasteiger partial charge in [0, 0.05) is 0 Å². The molecule has 2 N–H and O–H groups in total. The van der Waals surface area contributed by atoms with Crippen LogP contribution in [0, 0.1) is 39.3 Å². The highest BCUT2D eigenvalue weighted by molar-refractivity contribution is 6.02. The van der Waals surface area contributed by atoms with E-state index in [-0.39, 0.29) is 19.0 Å². The maximum Gasteiger partial charge on any atom is 0.293 e. The van der Waals surface area contributed by atoms with Gasteiger partial charge < -0.3 is 15.2 Å². The van der Waals surface area contributed by atoms with Crippen LogP contribution < -0.4 is 5.73 Å². The first kappa shape index (κ1) is 15.1. The molecule has 0 unspecified atom stereocenters. The second-order valence-electron chi connectivity index (χ2n) is 6.27.